The van der Waals surface area contributed by atoms with Crippen LogP contribution >= 0.6 is 11.8 Å². The Morgan fingerprint density at radius 3 is 2.95 bits per heavy atom. The summed E-state index contributed by atoms with van der Waals surface area (Å²) in [6.07, 6.45) is 5.75. The number of nitrogens with two attached hydrogens (primary N) is 1. The molecule has 0 radical (unpaired) electrons. The van der Waals surface area contributed by atoms with Gasteiger partial charge in [-0.3, -0.25) is 0 Å². The van der Waals surface area contributed by atoms with Gasteiger partial charge in [-0.25, -0.2) is 4.79 Å². The number of anilines is 2. The Hall–Kier alpha value is -1.36. The van der Waals surface area contributed by atoms with Crippen molar-refractivity contribution in [3.8, 4) is 0 Å². The maximum Gasteiger partial charge on any atom is 0.340 e. The first-order valence-corrected chi connectivity index (χ1v) is 8.28. The molecule has 1 aromatic rings. The van der Waals surface area contributed by atoms with E-state index in [2.05, 4.69) is 11.6 Å². The number of hydrogen-bond donors (Lipinski definition) is 2. The Morgan fingerprint density at radius 2 is 2.30 bits per heavy atom. The largest absolute Gasteiger partial charge is 0.462 e. The molecule has 1 aliphatic carbocycles. The maximum absolute atomic E-state index is 11.8. The molecule has 0 amide bonds. The average Bonchev–Trinajstić information content (AvgIpc) is 2.89. The van der Waals surface area contributed by atoms with Crippen molar-refractivity contribution in [3.05, 3.63) is 23.8 Å². The summed E-state index contributed by atoms with van der Waals surface area (Å²) in [5, 5.41) is 4.23. The van der Waals surface area contributed by atoms with Gasteiger partial charge in [0.2, 0.25) is 0 Å². The molecule has 2 rings (SSSR count). The van der Waals surface area contributed by atoms with E-state index in [0.717, 1.165) is 10.9 Å². The molecule has 1 aromatic carbocycles. The first kappa shape index (κ1) is 15.0. The van der Waals surface area contributed by atoms with Crippen LogP contribution in [0.3, 0.4) is 0 Å². The lowest BCUT2D eigenvalue weighted by Gasteiger charge is -2.15. The van der Waals surface area contributed by atoms with Crippen molar-refractivity contribution in [1.29, 1.82) is 0 Å². The molecule has 1 saturated carbocycles. The van der Waals surface area contributed by atoms with Gasteiger partial charge in [-0.05, 0) is 50.6 Å². The molecule has 20 heavy (non-hydrogen) atoms. The summed E-state index contributed by atoms with van der Waals surface area (Å²) in [6, 6.07) is 5.95. The second-order valence-electron chi connectivity index (χ2n) is 5.03. The number of thioether (sulfide) groups is 1. The van der Waals surface area contributed by atoms with Gasteiger partial charge in [0.1, 0.15) is 0 Å². The summed E-state index contributed by atoms with van der Waals surface area (Å²) in [5.41, 5.74) is 7.68. The first-order valence-electron chi connectivity index (χ1n) is 7.00. The fourth-order valence-corrected chi connectivity index (χ4v) is 3.35. The quantitative estimate of drug-likeness (QED) is 0.645. The van der Waals surface area contributed by atoms with Gasteiger partial charge in [0, 0.05) is 22.7 Å². The molecule has 0 spiro atoms. The molecule has 3 N–H and O–H groups in total. The van der Waals surface area contributed by atoms with E-state index in [0.29, 0.717) is 23.9 Å². The van der Waals surface area contributed by atoms with Crippen molar-refractivity contribution in [2.24, 2.45) is 0 Å². The highest BCUT2D eigenvalue weighted by Crippen LogP contribution is 2.30. The van der Waals surface area contributed by atoms with E-state index in [-0.39, 0.29) is 5.97 Å². The van der Waals surface area contributed by atoms with Crippen molar-refractivity contribution in [3.63, 3.8) is 0 Å². The van der Waals surface area contributed by atoms with Crippen molar-refractivity contribution in [2.45, 2.75) is 37.5 Å². The number of nitrogen functional groups attached to an aromatic ring is 1. The summed E-state index contributed by atoms with van der Waals surface area (Å²) < 4.78 is 5.02. The summed E-state index contributed by atoms with van der Waals surface area (Å²) >= 11 is 1.93. The summed E-state index contributed by atoms with van der Waals surface area (Å²) in [7, 11) is 0. The van der Waals surface area contributed by atoms with E-state index < -0.39 is 0 Å². The second-order valence-corrected chi connectivity index (χ2v) is 6.17. The minimum atomic E-state index is -0.359. The normalized spacial score (nSPS) is 21.7. The monoisotopic (exact) mass is 294 g/mol. The fraction of sp³-hybridized carbons (Fsp3) is 0.533. The van der Waals surface area contributed by atoms with Crippen LogP contribution in [0, 0.1) is 0 Å². The van der Waals surface area contributed by atoms with Gasteiger partial charge in [0.15, 0.2) is 0 Å². The minimum absolute atomic E-state index is 0.355. The lowest BCUT2D eigenvalue weighted by Crippen LogP contribution is -2.17. The summed E-state index contributed by atoms with van der Waals surface area (Å²) in [5.74, 6) is -0.359. The van der Waals surface area contributed by atoms with Gasteiger partial charge in [0.25, 0.3) is 0 Å². The Morgan fingerprint density at radius 1 is 1.50 bits per heavy atom. The molecule has 0 saturated heterocycles. The van der Waals surface area contributed by atoms with E-state index in [9.17, 15) is 4.79 Å². The van der Waals surface area contributed by atoms with Gasteiger partial charge in [-0.1, -0.05) is 0 Å². The van der Waals surface area contributed by atoms with Crippen LogP contribution in [0.4, 0.5) is 11.4 Å². The summed E-state index contributed by atoms with van der Waals surface area (Å²) in [6.45, 7) is 2.14. The molecule has 0 bridgehead atoms. The van der Waals surface area contributed by atoms with Gasteiger partial charge in [-0.15, -0.1) is 0 Å². The zero-order valence-corrected chi connectivity index (χ0v) is 12.8. The molecule has 0 aromatic heterocycles. The summed E-state index contributed by atoms with van der Waals surface area (Å²) in [4.78, 5) is 11.8. The van der Waals surface area contributed by atoms with Gasteiger partial charge >= 0.3 is 5.97 Å². The number of nitrogens with one attached hydrogen (secondary N) is 1. The standard InChI is InChI=1S/C15H22N2O2S/c1-3-19-15(18)13-9-11(5-7-14(13)16)17-10-4-6-12(8-10)20-2/h5,7,9-10,12,17H,3-4,6,8,16H2,1-2H3. The molecular formula is C15H22N2O2S. The van der Waals surface area contributed by atoms with Crippen molar-refractivity contribution < 1.29 is 9.53 Å². The number of benzene rings is 1. The highest BCUT2D eigenvalue weighted by Gasteiger charge is 2.24. The van der Waals surface area contributed by atoms with E-state index in [1.54, 1.807) is 19.1 Å². The highest BCUT2D eigenvalue weighted by atomic mass is 32.2. The molecule has 2 atom stereocenters. The smallest absolute Gasteiger partial charge is 0.340 e. The van der Waals surface area contributed by atoms with Crippen LogP contribution in [0.1, 0.15) is 36.5 Å². The third kappa shape index (κ3) is 3.60. The average molecular weight is 294 g/mol. The molecule has 2 unspecified atom stereocenters. The fourth-order valence-electron chi connectivity index (χ4n) is 2.55. The Labute approximate surface area is 124 Å². The molecule has 1 aliphatic rings. The molecule has 0 aliphatic heterocycles. The number of hydrogen-bond acceptors (Lipinski definition) is 5. The molecule has 1 fully saturated rings. The second kappa shape index (κ2) is 6.88. The van der Waals surface area contributed by atoms with E-state index in [1.165, 1.54) is 19.3 Å². The number of rotatable bonds is 5. The topological polar surface area (TPSA) is 64.3 Å². The van der Waals surface area contributed by atoms with Gasteiger partial charge in [-0.2, -0.15) is 11.8 Å². The molecule has 110 valence electrons. The van der Waals surface area contributed by atoms with Gasteiger partial charge < -0.3 is 15.8 Å². The van der Waals surface area contributed by atoms with E-state index >= 15 is 0 Å². The molecule has 4 nitrogen and oxygen atoms in total. The van der Waals surface area contributed by atoms with Crippen LogP contribution < -0.4 is 11.1 Å². The van der Waals surface area contributed by atoms with Crippen LogP contribution in [0.25, 0.3) is 0 Å². The van der Waals surface area contributed by atoms with Crippen molar-refractivity contribution >= 4 is 29.1 Å². The predicted octanol–water partition coefficient (Wildman–Crippen LogP) is 3.14. The Kier molecular flexibility index (Phi) is 5.17. The van der Waals surface area contributed by atoms with Crippen LogP contribution in [0.5, 0.6) is 0 Å². The minimum Gasteiger partial charge on any atom is -0.462 e. The maximum atomic E-state index is 11.8. The molecular weight excluding hydrogens is 272 g/mol. The lowest BCUT2D eigenvalue weighted by molar-refractivity contribution is 0.0527. The van der Waals surface area contributed by atoms with Crippen LogP contribution in [0.2, 0.25) is 0 Å². The Balaban J connectivity index is 2.06. The zero-order chi connectivity index (χ0) is 14.5. The third-order valence-electron chi connectivity index (χ3n) is 3.64. The lowest BCUT2D eigenvalue weighted by atomic mass is 10.1. The number of carbonyl (C=O) groups excluding carboxylic acids is 1. The molecule has 0 heterocycles. The highest BCUT2D eigenvalue weighted by molar-refractivity contribution is 7.99. The number of esters is 1. The zero-order valence-electron chi connectivity index (χ0n) is 12.0. The van der Waals surface area contributed by atoms with Crippen LogP contribution in [0.15, 0.2) is 18.2 Å². The number of carbonyl (C=O) groups is 1. The Bertz CT molecular complexity index is 479. The number of ether oxygens (including phenoxy) is 1. The SMILES string of the molecule is CCOC(=O)c1cc(NC2CCC(SC)C2)ccc1N. The third-order valence-corrected chi connectivity index (χ3v) is 4.73. The van der Waals surface area contributed by atoms with Crippen molar-refractivity contribution in [2.75, 3.05) is 23.9 Å². The predicted molar refractivity (Wildman–Crippen MR) is 85.4 cm³/mol. The first-order chi connectivity index (χ1) is 9.63. The molecule has 5 heteroatoms. The van der Waals surface area contributed by atoms with E-state index in [4.69, 9.17) is 10.5 Å². The van der Waals surface area contributed by atoms with E-state index in [1.807, 2.05) is 17.8 Å². The van der Waals surface area contributed by atoms with Gasteiger partial charge in [0.05, 0.1) is 12.2 Å². The van der Waals surface area contributed by atoms with Crippen LogP contribution in [-0.2, 0) is 4.74 Å². The van der Waals surface area contributed by atoms with Crippen LogP contribution in [-0.4, -0.2) is 30.1 Å². The van der Waals surface area contributed by atoms with Crippen molar-refractivity contribution in [1.82, 2.24) is 0 Å².